The van der Waals surface area contributed by atoms with Gasteiger partial charge in [0.25, 0.3) is 0 Å². The SMILES string of the molecule is CCOC(=O)c1ccc2[nH+]cc(C(=O)OCC)c(NCc3cccnc3)c2c1. The van der Waals surface area contributed by atoms with Gasteiger partial charge in [-0.15, -0.1) is 0 Å². The molecule has 0 saturated carbocycles. The van der Waals surface area contributed by atoms with E-state index >= 15 is 0 Å². The lowest BCUT2D eigenvalue weighted by atomic mass is 10.1. The van der Waals surface area contributed by atoms with Gasteiger partial charge >= 0.3 is 11.9 Å². The molecule has 7 heteroatoms. The van der Waals surface area contributed by atoms with Crippen LogP contribution in [0.2, 0.25) is 0 Å². The van der Waals surface area contributed by atoms with Gasteiger partial charge in [-0.3, -0.25) is 4.98 Å². The Balaban J connectivity index is 2.07. The normalized spacial score (nSPS) is 10.5. The van der Waals surface area contributed by atoms with E-state index in [1.54, 1.807) is 50.6 Å². The number of nitrogens with one attached hydrogen (secondary N) is 2. The number of pyridine rings is 2. The maximum absolute atomic E-state index is 12.5. The lowest BCUT2D eigenvalue weighted by Gasteiger charge is -2.12. The van der Waals surface area contributed by atoms with Crippen LogP contribution in [0.4, 0.5) is 5.69 Å². The Morgan fingerprint density at radius 3 is 2.61 bits per heavy atom. The average molecular weight is 380 g/mol. The van der Waals surface area contributed by atoms with E-state index in [1.807, 2.05) is 12.1 Å². The molecule has 3 aromatic rings. The molecule has 2 heterocycles. The van der Waals surface area contributed by atoms with E-state index < -0.39 is 11.9 Å². The fourth-order valence-electron chi connectivity index (χ4n) is 2.84. The van der Waals surface area contributed by atoms with Crippen LogP contribution in [0.15, 0.2) is 48.9 Å². The van der Waals surface area contributed by atoms with Crippen molar-refractivity contribution in [1.82, 2.24) is 4.98 Å². The predicted molar refractivity (Wildman–Crippen MR) is 104 cm³/mol. The second kappa shape index (κ2) is 8.94. The van der Waals surface area contributed by atoms with E-state index in [0.717, 1.165) is 11.1 Å². The number of fused-ring (bicyclic) bond motifs is 1. The summed E-state index contributed by atoms with van der Waals surface area (Å²) in [4.78, 5) is 31.8. The quantitative estimate of drug-likeness (QED) is 0.634. The number of H-pyrrole nitrogens is 1. The standard InChI is InChI=1S/C21H21N3O4/c1-3-27-20(25)15-7-8-18-16(10-15)19(17(13-23-18)21(26)28-4-2)24-12-14-6-5-9-22-11-14/h5-11,13H,3-4,12H2,1-2H3,(H,23,24)/p+1. The molecule has 0 unspecified atom stereocenters. The monoisotopic (exact) mass is 380 g/mol. The first kappa shape index (κ1) is 19.3. The summed E-state index contributed by atoms with van der Waals surface area (Å²) >= 11 is 0. The molecule has 0 aliphatic heterocycles. The van der Waals surface area contributed by atoms with Gasteiger partial charge in [0.15, 0.2) is 6.20 Å². The Kier molecular flexibility index (Phi) is 6.16. The largest absolute Gasteiger partial charge is 0.462 e. The van der Waals surface area contributed by atoms with Crippen LogP contribution in [0.1, 0.15) is 40.1 Å². The molecule has 0 radical (unpaired) electrons. The first-order chi connectivity index (χ1) is 13.6. The predicted octanol–water partition coefficient (Wildman–Crippen LogP) is 3.01. The molecular weight excluding hydrogens is 358 g/mol. The lowest BCUT2D eigenvalue weighted by molar-refractivity contribution is -0.344. The number of anilines is 1. The van der Waals surface area contributed by atoms with Crippen molar-refractivity contribution >= 4 is 28.5 Å². The number of hydrogen-bond donors (Lipinski definition) is 1. The summed E-state index contributed by atoms with van der Waals surface area (Å²) in [6, 6.07) is 8.96. The molecule has 0 fully saturated rings. The molecule has 0 aliphatic carbocycles. The molecule has 0 amide bonds. The smallest absolute Gasteiger partial charge is 0.346 e. The van der Waals surface area contributed by atoms with Gasteiger partial charge in [0.1, 0.15) is 5.56 Å². The summed E-state index contributed by atoms with van der Waals surface area (Å²) < 4.78 is 10.3. The molecule has 2 aromatic heterocycles. The molecule has 0 bridgehead atoms. The highest BCUT2D eigenvalue weighted by Crippen LogP contribution is 2.27. The van der Waals surface area contributed by atoms with Crippen LogP contribution >= 0.6 is 0 Å². The molecule has 7 nitrogen and oxygen atoms in total. The van der Waals surface area contributed by atoms with E-state index in [-0.39, 0.29) is 13.2 Å². The minimum Gasteiger partial charge on any atom is -0.462 e. The number of benzene rings is 1. The zero-order chi connectivity index (χ0) is 19.9. The van der Waals surface area contributed by atoms with Crippen LogP contribution < -0.4 is 10.3 Å². The fraction of sp³-hybridized carbons (Fsp3) is 0.238. The van der Waals surface area contributed by atoms with Crippen LogP contribution in [0, 0.1) is 0 Å². The van der Waals surface area contributed by atoms with Crippen molar-refractivity contribution in [1.29, 1.82) is 0 Å². The molecular formula is C21H22N3O4+. The van der Waals surface area contributed by atoms with E-state index in [4.69, 9.17) is 9.47 Å². The number of nitrogens with zero attached hydrogens (tertiary/aromatic N) is 1. The number of ether oxygens (including phenoxy) is 2. The lowest BCUT2D eigenvalue weighted by Crippen LogP contribution is -2.16. The van der Waals surface area contributed by atoms with Crippen LogP contribution in [0.25, 0.3) is 10.9 Å². The Morgan fingerprint density at radius 2 is 1.89 bits per heavy atom. The molecule has 28 heavy (non-hydrogen) atoms. The molecule has 1 aromatic carbocycles. The summed E-state index contributed by atoms with van der Waals surface area (Å²) in [5.74, 6) is -0.861. The highest BCUT2D eigenvalue weighted by molar-refractivity contribution is 6.05. The maximum Gasteiger partial charge on any atom is 0.346 e. The summed E-state index contributed by atoms with van der Waals surface area (Å²) in [7, 11) is 0. The first-order valence-electron chi connectivity index (χ1n) is 9.09. The highest BCUT2D eigenvalue weighted by Gasteiger charge is 2.21. The van der Waals surface area contributed by atoms with Crippen molar-refractivity contribution in [2.45, 2.75) is 20.4 Å². The van der Waals surface area contributed by atoms with Gasteiger partial charge < -0.3 is 14.8 Å². The summed E-state index contributed by atoms with van der Waals surface area (Å²) in [5.41, 5.74) is 3.09. The number of aromatic amines is 1. The minimum atomic E-state index is -0.448. The molecule has 2 N–H and O–H groups in total. The van der Waals surface area contributed by atoms with E-state index in [2.05, 4.69) is 15.3 Å². The Bertz CT molecular complexity index is 984. The summed E-state index contributed by atoms with van der Waals surface area (Å²) in [6.45, 7) is 4.53. The third-order valence-corrected chi connectivity index (χ3v) is 4.13. The zero-order valence-electron chi connectivity index (χ0n) is 15.8. The third kappa shape index (κ3) is 4.25. The van der Waals surface area contributed by atoms with E-state index in [1.165, 1.54) is 0 Å². The Labute approximate surface area is 162 Å². The number of rotatable bonds is 7. The maximum atomic E-state index is 12.5. The second-order valence-electron chi connectivity index (χ2n) is 5.99. The van der Waals surface area contributed by atoms with Crippen molar-refractivity contribution in [2.75, 3.05) is 18.5 Å². The topological polar surface area (TPSA) is 91.7 Å². The molecule has 0 atom stereocenters. The highest BCUT2D eigenvalue weighted by atomic mass is 16.5. The van der Waals surface area contributed by atoms with Crippen molar-refractivity contribution < 1.29 is 24.0 Å². The molecule has 3 rings (SSSR count). The number of carbonyl (C=O) groups excluding carboxylic acids is 2. The van der Waals surface area contributed by atoms with Crippen LogP contribution in [-0.2, 0) is 16.0 Å². The van der Waals surface area contributed by atoms with Crippen LogP contribution in [0.3, 0.4) is 0 Å². The van der Waals surface area contributed by atoms with Crippen molar-refractivity contribution in [2.24, 2.45) is 0 Å². The minimum absolute atomic E-state index is 0.266. The number of carbonyl (C=O) groups is 2. The van der Waals surface area contributed by atoms with Gasteiger partial charge in [-0.05, 0) is 37.6 Å². The van der Waals surface area contributed by atoms with Gasteiger partial charge in [0.2, 0.25) is 5.52 Å². The molecule has 0 spiro atoms. The van der Waals surface area contributed by atoms with E-state index in [0.29, 0.717) is 28.7 Å². The summed E-state index contributed by atoms with van der Waals surface area (Å²) in [6.07, 6.45) is 5.06. The number of aromatic nitrogens is 2. The third-order valence-electron chi connectivity index (χ3n) is 4.13. The number of hydrogen-bond acceptors (Lipinski definition) is 6. The van der Waals surface area contributed by atoms with Crippen molar-refractivity contribution in [3.8, 4) is 0 Å². The molecule has 0 saturated heterocycles. The van der Waals surface area contributed by atoms with Gasteiger partial charge in [-0.2, -0.15) is 0 Å². The zero-order valence-corrected chi connectivity index (χ0v) is 15.8. The van der Waals surface area contributed by atoms with Gasteiger partial charge in [0.05, 0.1) is 29.9 Å². The first-order valence-corrected chi connectivity index (χ1v) is 9.09. The fourth-order valence-corrected chi connectivity index (χ4v) is 2.84. The van der Waals surface area contributed by atoms with Crippen LogP contribution in [0.5, 0.6) is 0 Å². The van der Waals surface area contributed by atoms with E-state index in [9.17, 15) is 9.59 Å². The van der Waals surface area contributed by atoms with Crippen molar-refractivity contribution in [3.05, 3.63) is 65.6 Å². The van der Waals surface area contributed by atoms with Crippen molar-refractivity contribution in [3.63, 3.8) is 0 Å². The Hall–Kier alpha value is -3.48. The summed E-state index contributed by atoms with van der Waals surface area (Å²) in [5, 5.41) is 3.99. The van der Waals surface area contributed by atoms with Gasteiger partial charge in [0, 0.05) is 25.0 Å². The average Bonchev–Trinajstić information content (AvgIpc) is 2.72. The van der Waals surface area contributed by atoms with Gasteiger partial charge in [-0.1, -0.05) is 6.07 Å². The Morgan fingerprint density at radius 1 is 1.11 bits per heavy atom. The second-order valence-corrected chi connectivity index (χ2v) is 5.99. The molecule has 0 aliphatic rings. The molecule has 144 valence electrons. The van der Waals surface area contributed by atoms with Gasteiger partial charge in [-0.25, -0.2) is 14.6 Å². The van der Waals surface area contributed by atoms with Crippen LogP contribution in [-0.4, -0.2) is 30.1 Å². The number of esters is 2.